The van der Waals surface area contributed by atoms with Crippen LogP contribution in [0.1, 0.15) is 98.3 Å². The maximum Gasteiger partial charge on any atom is 0.217 e. The van der Waals surface area contributed by atoms with Gasteiger partial charge in [0, 0.05) is 6.42 Å². The van der Waals surface area contributed by atoms with Crippen LogP contribution < -0.4 is 0 Å². The van der Waals surface area contributed by atoms with Gasteiger partial charge in [-0.3, -0.25) is 4.18 Å². The van der Waals surface area contributed by atoms with Gasteiger partial charge in [0.05, 0.1) is 6.10 Å². The third kappa shape index (κ3) is 6.36. The molecule has 3 fully saturated rings. The Balaban J connectivity index is 1.70. The summed E-state index contributed by atoms with van der Waals surface area (Å²) in [6, 6.07) is 0. The predicted octanol–water partition coefficient (Wildman–Crippen LogP) is 7.10. The van der Waals surface area contributed by atoms with Crippen molar-refractivity contribution in [2.75, 3.05) is 0 Å². The highest BCUT2D eigenvalue weighted by atomic mass is 32.3. The Labute approximate surface area is 196 Å². The molecule has 5 heteroatoms. The molecule has 0 aromatic carbocycles. The molecule has 3 rings (SSSR count). The summed E-state index contributed by atoms with van der Waals surface area (Å²) in [6.45, 7) is 13.8. The van der Waals surface area contributed by atoms with Crippen LogP contribution in [0.5, 0.6) is 0 Å². The van der Waals surface area contributed by atoms with Gasteiger partial charge in [0.25, 0.3) is 0 Å². The Bertz CT molecular complexity index is 838. The fraction of sp³-hybridized carbons (Fsp3) is 0.778. The molecule has 0 N–H and O–H groups in total. The Morgan fingerprint density at radius 2 is 1.91 bits per heavy atom. The Hall–Kier alpha value is -0.910. The maximum absolute atomic E-state index is 11.0. The highest BCUT2D eigenvalue weighted by Gasteiger charge is 2.50. The molecule has 0 heterocycles. The van der Waals surface area contributed by atoms with E-state index in [1.54, 1.807) is 5.57 Å². The van der Waals surface area contributed by atoms with Crippen LogP contribution in [0.3, 0.4) is 0 Å². The van der Waals surface area contributed by atoms with Crippen LogP contribution in [0.25, 0.3) is 0 Å². The average Bonchev–Trinajstić information content (AvgIpc) is 3.04. The highest BCUT2D eigenvalue weighted by molar-refractivity contribution is 7.80. The summed E-state index contributed by atoms with van der Waals surface area (Å²) in [4.78, 5) is 0. The van der Waals surface area contributed by atoms with Crippen LogP contribution in [-0.2, 0) is 14.6 Å². The first-order chi connectivity index (χ1) is 15.0. The van der Waals surface area contributed by atoms with E-state index in [0.29, 0.717) is 30.6 Å². The normalized spacial score (nSPS) is 34.9. The summed E-state index contributed by atoms with van der Waals surface area (Å²) < 4.78 is 37.8. The molecule has 0 aromatic heterocycles. The monoisotopic (exact) mass is 463 g/mol. The zero-order valence-electron chi connectivity index (χ0n) is 20.6. The van der Waals surface area contributed by atoms with Crippen LogP contribution in [0, 0.1) is 29.1 Å². The van der Waals surface area contributed by atoms with Crippen molar-refractivity contribution >= 4 is 10.4 Å². The third-order valence-electron chi connectivity index (χ3n) is 8.59. The van der Waals surface area contributed by atoms with Crippen LogP contribution in [0.2, 0.25) is 0 Å². The second kappa shape index (κ2) is 10.6. The van der Waals surface area contributed by atoms with Gasteiger partial charge >= 0.3 is 0 Å². The van der Waals surface area contributed by atoms with E-state index in [1.165, 1.54) is 44.9 Å². The number of allylic oxidation sites excluding steroid dienone is 4. The lowest BCUT2D eigenvalue weighted by Gasteiger charge is -2.44. The van der Waals surface area contributed by atoms with E-state index in [1.807, 2.05) is 0 Å². The molecule has 5 atom stereocenters. The summed E-state index contributed by atoms with van der Waals surface area (Å²) in [5, 5.41) is 0. The highest BCUT2D eigenvalue weighted by Crippen LogP contribution is 2.60. The molecular formula is C27H43O4S-. The van der Waals surface area contributed by atoms with E-state index < -0.39 is 16.5 Å². The van der Waals surface area contributed by atoms with E-state index in [2.05, 4.69) is 46.4 Å². The standard InChI is InChI=1S/C27H44O4S/c1-19(2)8-6-9-21(4)25-15-16-26-22(10-7-17-27(25,26)5)12-13-23-18-24(14-11-20(23)3)31-32(28,29)30/h12-13,19,21,24-26H,3,6-11,14-18H2,1-2,4-5H3,(H,28,29,30)/p-1/b22-12+,23-13-/t21-,24+,25-,26+,27-/m1/s1. The molecule has 182 valence electrons. The number of rotatable bonds is 8. The van der Waals surface area contributed by atoms with E-state index in [0.717, 1.165) is 35.3 Å². The first kappa shape index (κ1) is 25.7. The molecule has 3 aliphatic rings. The zero-order chi connectivity index (χ0) is 23.5. The summed E-state index contributed by atoms with van der Waals surface area (Å²) in [7, 11) is -4.67. The van der Waals surface area contributed by atoms with Gasteiger partial charge in [-0.15, -0.1) is 0 Å². The zero-order valence-corrected chi connectivity index (χ0v) is 21.4. The van der Waals surface area contributed by atoms with E-state index in [-0.39, 0.29) is 0 Å². The smallest absolute Gasteiger partial charge is 0.217 e. The molecule has 0 aliphatic heterocycles. The first-order valence-corrected chi connectivity index (χ1v) is 14.0. The summed E-state index contributed by atoms with van der Waals surface area (Å²) in [5.74, 6) is 3.03. The fourth-order valence-corrected chi connectivity index (χ4v) is 7.39. The van der Waals surface area contributed by atoms with Gasteiger partial charge in [-0.25, -0.2) is 8.42 Å². The van der Waals surface area contributed by atoms with Gasteiger partial charge in [0.1, 0.15) is 0 Å². The topological polar surface area (TPSA) is 66.4 Å². The maximum atomic E-state index is 11.0. The number of hydrogen-bond donors (Lipinski definition) is 0. The van der Waals surface area contributed by atoms with Crippen molar-refractivity contribution in [2.45, 2.75) is 104 Å². The minimum Gasteiger partial charge on any atom is -0.726 e. The van der Waals surface area contributed by atoms with E-state index in [9.17, 15) is 13.0 Å². The lowest BCUT2D eigenvalue weighted by Crippen LogP contribution is -2.36. The molecule has 0 radical (unpaired) electrons. The molecule has 3 saturated carbocycles. The molecule has 0 unspecified atom stereocenters. The number of hydrogen-bond acceptors (Lipinski definition) is 4. The van der Waals surface area contributed by atoms with Crippen LogP contribution >= 0.6 is 0 Å². The van der Waals surface area contributed by atoms with Crippen LogP contribution in [-0.4, -0.2) is 19.1 Å². The van der Waals surface area contributed by atoms with Crippen molar-refractivity contribution in [2.24, 2.45) is 29.1 Å². The van der Waals surface area contributed by atoms with Gasteiger partial charge in [0.15, 0.2) is 0 Å². The van der Waals surface area contributed by atoms with Gasteiger partial charge in [-0.05, 0) is 79.6 Å². The molecule has 4 nitrogen and oxygen atoms in total. The fourth-order valence-electron chi connectivity index (χ4n) is 6.89. The van der Waals surface area contributed by atoms with Crippen molar-refractivity contribution in [3.8, 4) is 0 Å². The van der Waals surface area contributed by atoms with Crippen LogP contribution in [0.15, 0.2) is 35.5 Å². The molecular weight excluding hydrogens is 420 g/mol. The van der Waals surface area contributed by atoms with Gasteiger partial charge in [0.2, 0.25) is 10.4 Å². The van der Waals surface area contributed by atoms with Crippen molar-refractivity contribution < 1.29 is 17.2 Å². The van der Waals surface area contributed by atoms with Gasteiger partial charge in [-0.1, -0.05) is 76.8 Å². The average molecular weight is 464 g/mol. The molecule has 0 spiro atoms. The van der Waals surface area contributed by atoms with Crippen molar-refractivity contribution in [1.29, 1.82) is 0 Å². The SMILES string of the molecule is C=C1CC[C@H](OS(=O)(=O)[O-])C/C1=C/C=C1\CCC[C@]2(C)[C@@H]([C@H](C)CCCC(C)C)CC[C@@H]12. The quantitative estimate of drug-likeness (QED) is 0.284. The Kier molecular flexibility index (Phi) is 8.49. The minimum atomic E-state index is -4.67. The van der Waals surface area contributed by atoms with Crippen molar-refractivity contribution in [1.82, 2.24) is 0 Å². The van der Waals surface area contributed by atoms with Crippen LogP contribution in [0.4, 0.5) is 0 Å². The van der Waals surface area contributed by atoms with Gasteiger partial charge < -0.3 is 4.55 Å². The van der Waals surface area contributed by atoms with Crippen molar-refractivity contribution in [3.05, 3.63) is 35.5 Å². The molecule has 3 aliphatic carbocycles. The summed E-state index contributed by atoms with van der Waals surface area (Å²) in [5.41, 5.74) is 4.01. The predicted molar refractivity (Wildman–Crippen MR) is 130 cm³/mol. The summed E-state index contributed by atoms with van der Waals surface area (Å²) in [6.07, 6.45) is 15.9. The van der Waals surface area contributed by atoms with E-state index >= 15 is 0 Å². The molecule has 0 amide bonds. The lowest BCUT2D eigenvalue weighted by atomic mass is 9.60. The lowest BCUT2D eigenvalue weighted by molar-refractivity contribution is 0.0928. The first-order valence-electron chi connectivity index (χ1n) is 12.7. The molecule has 0 saturated heterocycles. The second-order valence-corrected chi connectivity index (χ2v) is 12.3. The second-order valence-electron chi connectivity index (χ2n) is 11.3. The Morgan fingerprint density at radius 1 is 1.16 bits per heavy atom. The molecule has 32 heavy (non-hydrogen) atoms. The van der Waals surface area contributed by atoms with Crippen molar-refractivity contribution in [3.63, 3.8) is 0 Å². The van der Waals surface area contributed by atoms with Gasteiger partial charge in [-0.2, -0.15) is 0 Å². The summed E-state index contributed by atoms with van der Waals surface area (Å²) >= 11 is 0. The largest absolute Gasteiger partial charge is 0.726 e. The Morgan fingerprint density at radius 3 is 2.59 bits per heavy atom. The minimum absolute atomic E-state index is 0.395. The number of fused-ring (bicyclic) bond motifs is 1. The molecule has 0 aromatic rings. The molecule has 0 bridgehead atoms. The third-order valence-corrected chi connectivity index (χ3v) is 9.10. The van der Waals surface area contributed by atoms with E-state index in [4.69, 9.17) is 4.18 Å².